The van der Waals surface area contributed by atoms with Crippen LogP contribution in [0, 0.1) is 5.92 Å². The van der Waals surface area contributed by atoms with Gasteiger partial charge in [0, 0.05) is 5.38 Å². The molecular formula is C13H16BrClO. The van der Waals surface area contributed by atoms with Crippen LogP contribution >= 0.6 is 27.5 Å². The quantitative estimate of drug-likeness (QED) is 0.732. The zero-order valence-electron chi connectivity index (χ0n) is 9.38. The van der Waals surface area contributed by atoms with Crippen molar-refractivity contribution >= 4 is 27.5 Å². The Hall–Kier alpha value is -0.210. The van der Waals surface area contributed by atoms with Crippen molar-refractivity contribution in [2.75, 3.05) is 7.11 Å². The maximum Gasteiger partial charge on any atom is 0.133 e. The number of methoxy groups -OCH3 is 1. The van der Waals surface area contributed by atoms with Gasteiger partial charge in [0.2, 0.25) is 0 Å². The molecule has 1 nitrogen and oxygen atoms in total. The van der Waals surface area contributed by atoms with E-state index in [0.29, 0.717) is 5.38 Å². The van der Waals surface area contributed by atoms with Crippen LogP contribution in [0.2, 0.25) is 0 Å². The molecule has 0 amide bonds. The number of ether oxygens (including phenoxy) is 1. The van der Waals surface area contributed by atoms with E-state index in [1.807, 2.05) is 6.07 Å². The Kier molecular flexibility index (Phi) is 4.15. The summed E-state index contributed by atoms with van der Waals surface area (Å²) in [4.78, 5) is 0. The highest BCUT2D eigenvalue weighted by atomic mass is 79.9. The van der Waals surface area contributed by atoms with E-state index in [2.05, 4.69) is 28.1 Å². The third-order valence-electron chi connectivity index (χ3n) is 3.06. The minimum atomic E-state index is 0.362. The number of benzene rings is 1. The Morgan fingerprint density at radius 2 is 2.25 bits per heavy atom. The molecule has 0 aromatic heterocycles. The highest BCUT2D eigenvalue weighted by Gasteiger charge is 2.29. The number of rotatable bonds is 5. The lowest BCUT2D eigenvalue weighted by molar-refractivity contribution is 0.412. The number of hydrogen-bond acceptors (Lipinski definition) is 1. The third kappa shape index (κ3) is 3.14. The first-order valence-corrected chi connectivity index (χ1v) is 6.90. The fraction of sp³-hybridized carbons (Fsp3) is 0.538. The van der Waals surface area contributed by atoms with Crippen LogP contribution in [0.4, 0.5) is 0 Å². The number of aryl methyl sites for hydroxylation is 1. The number of halogens is 2. The van der Waals surface area contributed by atoms with Gasteiger partial charge in [0.25, 0.3) is 0 Å². The molecule has 1 saturated carbocycles. The lowest BCUT2D eigenvalue weighted by Crippen LogP contribution is -2.03. The van der Waals surface area contributed by atoms with Gasteiger partial charge in [-0.3, -0.25) is 0 Å². The third-order valence-corrected chi connectivity index (χ3v) is 4.25. The van der Waals surface area contributed by atoms with Crippen LogP contribution in [0.25, 0.3) is 0 Å². The van der Waals surface area contributed by atoms with Gasteiger partial charge in [-0.05, 0) is 65.2 Å². The Morgan fingerprint density at radius 1 is 1.50 bits per heavy atom. The van der Waals surface area contributed by atoms with Crippen molar-refractivity contribution in [3.8, 4) is 5.75 Å². The van der Waals surface area contributed by atoms with Crippen LogP contribution < -0.4 is 4.74 Å². The van der Waals surface area contributed by atoms with E-state index >= 15 is 0 Å². The maximum atomic E-state index is 6.29. The van der Waals surface area contributed by atoms with Crippen molar-refractivity contribution < 1.29 is 4.74 Å². The van der Waals surface area contributed by atoms with Gasteiger partial charge in [-0.1, -0.05) is 6.07 Å². The lowest BCUT2D eigenvalue weighted by atomic mass is 10.1. The average Bonchev–Trinajstić information content (AvgIpc) is 3.10. The fourth-order valence-electron chi connectivity index (χ4n) is 1.86. The van der Waals surface area contributed by atoms with E-state index < -0.39 is 0 Å². The molecule has 2 rings (SSSR count). The summed E-state index contributed by atoms with van der Waals surface area (Å²) in [6.07, 6.45) is 4.76. The molecule has 0 radical (unpaired) electrons. The van der Waals surface area contributed by atoms with Gasteiger partial charge in [-0.15, -0.1) is 11.6 Å². The first-order chi connectivity index (χ1) is 7.70. The summed E-state index contributed by atoms with van der Waals surface area (Å²) in [6, 6.07) is 6.23. The molecule has 3 heteroatoms. The van der Waals surface area contributed by atoms with Crippen molar-refractivity contribution in [1.82, 2.24) is 0 Å². The molecule has 16 heavy (non-hydrogen) atoms. The van der Waals surface area contributed by atoms with Gasteiger partial charge in [-0.2, -0.15) is 0 Å². The van der Waals surface area contributed by atoms with E-state index in [9.17, 15) is 0 Å². The molecule has 1 aromatic rings. The molecule has 1 unspecified atom stereocenters. The molecule has 1 fully saturated rings. The first-order valence-electron chi connectivity index (χ1n) is 5.67. The Balaban J connectivity index is 1.91. The second kappa shape index (κ2) is 5.42. The summed E-state index contributed by atoms with van der Waals surface area (Å²) in [5.74, 6) is 1.66. The SMILES string of the molecule is COc1ccc(CCC(Cl)C2CC2)cc1Br. The minimum absolute atomic E-state index is 0.362. The molecule has 0 saturated heterocycles. The Bertz CT molecular complexity index is 363. The van der Waals surface area contributed by atoms with E-state index in [4.69, 9.17) is 16.3 Å². The second-order valence-corrected chi connectivity index (χ2v) is 5.78. The maximum absolute atomic E-state index is 6.29. The van der Waals surface area contributed by atoms with Crippen LogP contribution in [0.5, 0.6) is 5.75 Å². The van der Waals surface area contributed by atoms with E-state index in [0.717, 1.165) is 29.0 Å². The molecule has 0 aliphatic heterocycles. The molecular weight excluding hydrogens is 287 g/mol. The van der Waals surface area contributed by atoms with Crippen molar-refractivity contribution in [2.45, 2.75) is 31.1 Å². The largest absolute Gasteiger partial charge is 0.496 e. The van der Waals surface area contributed by atoms with Crippen molar-refractivity contribution in [3.63, 3.8) is 0 Å². The normalized spacial score (nSPS) is 17.2. The van der Waals surface area contributed by atoms with Gasteiger partial charge >= 0.3 is 0 Å². The monoisotopic (exact) mass is 302 g/mol. The summed E-state index contributed by atoms with van der Waals surface area (Å²) in [6.45, 7) is 0. The molecule has 0 spiro atoms. The topological polar surface area (TPSA) is 9.23 Å². The number of alkyl halides is 1. The predicted octanol–water partition coefficient (Wildman–Crippen LogP) is 4.41. The van der Waals surface area contributed by atoms with E-state index in [1.54, 1.807) is 7.11 Å². The minimum Gasteiger partial charge on any atom is -0.496 e. The Labute approximate surface area is 110 Å². The second-order valence-electron chi connectivity index (χ2n) is 4.36. The zero-order valence-corrected chi connectivity index (χ0v) is 11.7. The Morgan fingerprint density at radius 3 is 2.81 bits per heavy atom. The van der Waals surface area contributed by atoms with Crippen LogP contribution in [0.1, 0.15) is 24.8 Å². The van der Waals surface area contributed by atoms with Crippen molar-refractivity contribution in [2.24, 2.45) is 5.92 Å². The predicted molar refractivity (Wildman–Crippen MR) is 71.4 cm³/mol. The smallest absolute Gasteiger partial charge is 0.133 e. The van der Waals surface area contributed by atoms with Gasteiger partial charge in [0.05, 0.1) is 11.6 Å². The molecule has 0 bridgehead atoms. The van der Waals surface area contributed by atoms with Gasteiger partial charge < -0.3 is 4.74 Å². The van der Waals surface area contributed by atoms with Crippen LogP contribution in [-0.2, 0) is 6.42 Å². The zero-order chi connectivity index (χ0) is 11.5. The standard InChI is InChI=1S/C13H16BrClO/c1-16-13-7-3-9(8-11(13)14)2-6-12(15)10-4-5-10/h3,7-8,10,12H,2,4-6H2,1H3. The fourth-order valence-corrected chi connectivity index (χ4v) is 2.81. The van der Waals surface area contributed by atoms with Gasteiger partial charge in [-0.25, -0.2) is 0 Å². The molecule has 0 heterocycles. The van der Waals surface area contributed by atoms with Crippen molar-refractivity contribution in [3.05, 3.63) is 28.2 Å². The molecule has 1 aliphatic carbocycles. The van der Waals surface area contributed by atoms with Gasteiger partial charge in [0.15, 0.2) is 0 Å². The van der Waals surface area contributed by atoms with Gasteiger partial charge in [0.1, 0.15) is 5.75 Å². The summed E-state index contributed by atoms with van der Waals surface area (Å²) in [7, 11) is 1.68. The molecule has 0 N–H and O–H groups in total. The summed E-state index contributed by atoms with van der Waals surface area (Å²) < 4.78 is 6.22. The summed E-state index contributed by atoms with van der Waals surface area (Å²) in [5.41, 5.74) is 1.32. The molecule has 88 valence electrons. The van der Waals surface area contributed by atoms with E-state index in [1.165, 1.54) is 18.4 Å². The van der Waals surface area contributed by atoms with Crippen LogP contribution in [0.15, 0.2) is 22.7 Å². The van der Waals surface area contributed by atoms with Crippen LogP contribution in [-0.4, -0.2) is 12.5 Å². The summed E-state index contributed by atoms with van der Waals surface area (Å²) >= 11 is 9.79. The highest BCUT2D eigenvalue weighted by molar-refractivity contribution is 9.10. The lowest BCUT2D eigenvalue weighted by Gasteiger charge is -2.09. The highest BCUT2D eigenvalue weighted by Crippen LogP contribution is 2.37. The van der Waals surface area contributed by atoms with E-state index in [-0.39, 0.29) is 0 Å². The summed E-state index contributed by atoms with van der Waals surface area (Å²) in [5, 5.41) is 0.362. The molecule has 1 aromatic carbocycles. The van der Waals surface area contributed by atoms with Crippen LogP contribution in [0.3, 0.4) is 0 Å². The van der Waals surface area contributed by atoms with Crippen molar-refractivity contribution in [1.29, 1.82) is 0 Å². The molecule has 1 aliphatic rings. The number of hydrogen-bond donors (Lipinski definition) is 0. The molecule has 1 atom stereocenters. The first kappa shape index (κ1) is 12.3. The average molecular weight is 304 g/mol.